The van der Waals surface area contributed by atoms with Gasteiger partial charge in [0.25, 0.3) is 0 Å². The van der Waals surface area contributed by atoms with Gasteiger partial charge in [0.15, 0.2) is 0 Å². The van der Waals surface area contributed by atoms with Gasteiger partial charge in [0.1, 0.15) is 0 Å². The van der Waals surface area contributed by atoms with Crippen molar-refractivity contribution in [2.45, 2.75) is 37.3 Å². The second-order valence-electron chi connectivity index (χ2n) is 5.73. The number of aliphatic hydroxyl groups excluding tert-OH is 1. The van der Waals surface area contributed by atoms with E-state index in [4.69, 9.17) is 5.73 Å². The van der Waals surface area contributed by atoms with Crippen molar-refractivity contribution in [2.75, 3.05) is 18.1 Å². The molecule has 1 aliphatic rings. The van der Waals surface area contributed by atoms with Gasteiger partial charge >= 0.3 is 0 Å². The Bertz CT molecular complexity index is 613. The van der Waals surface area contributed by atoms with Crippen molar-refractivity contribution in [2.24, 2.45) is 5.41 Å². The first kappa shape index (κ1) is 15.1. The molecule has 1 aromatic rings. The Kier molecular flexibility index (Phi) is 3.70. The summed E-state index contributed by atoms with van der Waals surface area (Å²) in [5.74, 6) is 0. The number of sulfonamides is 1. The van der Waals surface area contributed by atoms with E-state index in [2.05, 4.69) is 10.0 Å². The summed E-state index contributed by atoms with van der Waals surface area (Å²) in [5.41, 5.74) is 6.68. The number of nitrogens with one attached hydrogen (secondary N) is 2. The monoisotopic (exact) mass is 299 g/mol. The molecule has 1 fully saturated rings. The van der Waals surface area contributed by atoms with Crippen LogP contribution in [0.2, 0.25) is 0 Å². The fraction of sp³-hybridized carbons (Fsp3) is 0.538. The summed E-state index contributed by atoms with van der Waals surface area (Å²) in [4.78, 5) is 0.161. The largest absolute Gasteiger partial charge is 0.397 e. The lowest BCUT2D eigenvalue weighted by Crippen LogP contribution is -2.56. The summed E-state index contributed by atoms with van der Waals surface area (Å²) < 4.78 is 25.9. The maximum Gasteiger partial charge on any atom is 0.240 e. The molecule has 2 unspecified atom stereocenters. The Labute approximate surface area is 119 Å². The molecule has 0 spiro atoms. The van der Waals surface area contributed by atoms with E-state index in [-0.39, 0.29) is 22.5 Å². The highest BCUT2D eigenvalue weighted by Gasteiger charge is 2.47. The van der Waals surface area contributed by atoms with Crippen LogP contribution in [0.15, 0.2) is 23.1 Å². The van der Waals surface area contributed by atoms with Crippen LogP contribution in [0.5, 0.6) is 0 Å². The van der Waals surface area contributed by atoms with Crippen molar-refractivity contribution in [3.63, 3.8) is 0 Å². The van der Waals surface area contributed by atoms with E-state index in [0.717, 1.165) is 0 Å². The molecule has 0 radical (unpaired) electrons. The second-order valence-corrected chi connectivity index (χ2v) is 7.61. The molecule has 0 bridgehead atoms. The van der Waals surface area contributed by atoms with Crippen LogP contribution >= 0.6 is 0 Å². The average Bonchev–Trinajstić information content (AvgIpc) is 2.40. The van der Waals surface area contributed by atoms with Crippen molar-refractivity contribution in [1.82, 2.24) is 4.72 Å². The van der Waals surface area contributed by atoms with E-state index in [1.165, 1.54) is 19.2 Å². The van der Waals surface area contributed by atoms with Crippen molar-refractivity contribution >= 4 is 21.4 Å². The van der Waals surface area contributed by atoms with Crippen LogP contribution in [0.4, 0.5) is 11.4 Å². The molecule has 0 saturated heterocycles. The first-order valence-electron chi connectivity index (χ1n) is 6.46. The van der Waals surface area contributed by atoms with E-state index in [1.807, 2.05) is 13.8 Å². The first-order chi connectivity index (χ1) is 9.18. The quantitative estimate of drug-likeness (QED) is 0.614. The standard InChI is InChI=1S/C13H21N3O3S/c1-13(2)11(7-12(13)17)16-10-6-8(4-5-9(10)14)20(18,19)15-3/h4-6,11-12,15-17H,7,14H2,1-3H3. The van der Waals surface area contributed by atoms with E-state index in [9.17, 15) is 13.5 Å². The Morgan fingerprint density at radius 3 is 2.55 bits per heavy atom. The SMILES string of the molecule is CNS(=O)(=O)c1ccc(N)c(NC2CC(O)C2(C)C)c1. The Morgan fingerprint density at radius 1 is 1.40 bits per heavy atom. The number of anilines is 2. The van der Waals surface area contributed by atoms with Crippen molar-refractivity contribution in [3.05, 3.63) is 18.2 Å². The molecule has 2 atom stereocenters. The van der Waals surface area contributed by atoms with Crippen LogP contribution in [-0.2, 0) is 10.0 Å². The Hall–Kier alpha value is -1.31. The van der Waals surface area contributed by atoms with Crippen LogP contribution < -0.4 is 15.8 Å². The van der Waals surface area contributed by atoms with Crippen LogP contribution in [0.25, 0.3) is 0 Å². The number of hydrogen-bond donors (Lipinski definition) is 4. The van der Waals surface area contributed by atoms with Gasteiger partial charge in [-0.3, -0.25) is 0 Å². The van der Waals surface area contributed by atoms with Crippen LogP contribution in [0, 0.1) is 5.41 Å². The molecule has 6 nitrogen and oxygen atoms in total. The average molecular weight is 299 g/mol. The lowest BCUT2D eigenvalue weighted by molar-refractivity contribution is -0.0510. The first-order valence-corrected chi connectivity index (χ1v) is 7.94. The van der Waals surface area contributed by atoms with Gasteiger partial charge in [-0.2, -0.15) is 0 Å². The second kappa shape index (κ2) is 4.91. The van der Waals surface area contributed by atoms with Crippen molar-refractivity contribution < 1.29 is 13.5 Å². The zero-order valence-electron chi connectivity index (χ0n) is 11.8. The number of benzene rings is 1. The van der Waals surface area contributed by atoms with Crippen LogP contribution in [0.1, 0.15) is 20.3 Å². The number of nitrogens with two attached hydrogens (primary N) is 1. The lowest BCUT2D eigenvalue weighted by Gasteiger charge is -2.50. The molecule has 1 saturated carbocycles. The van der Waals surface area contributed by atoms with Gasteiger partial charge in [-0.1, -0.05) is 13.8 Å². The molecule has 5 N–H and O–H groups in total. The van der Waals surface area contributed by atoms with Crippen molar-refractivity contribution in [1.29, 1.82) is 0 Å². The smallest absolute Gasteiger partial charge is 0.240 e. The van der Waals surface area contributed by atoms with Gasteiger partial charge in [0, 0.05) is 11.5 Å². The third-order valence-electron chi connectivity index (χ3n) is 4.15. The molecule has 1 aliphatic carbocycles. The zero-order valence-corrected chi connectivity index (χ0v) is 12.7. The van der Waals surface area contributed by atoms with Gasteiger partial charge in [-0.15, -0.1) is 0 Å². The van der Waals surface area contributed by atoms with Crippen LogP contribution in [0.3, 0.4) is 0 Å². The minimum atomic E-state index is -3.50. The maximum atomic E-state index is 11.8. The minimum absolute atomic E-state index is 0.0624. The summed E-state index contributed by atoms with van der Waals surface area (Å²) in [6.45, 7) is 3.92. The summed E-state index contributed by atoms with van der Waals surface area (Å²) in [5, 5.41) is 13.0. The molecular weight excluding hydrogens is 278 g/mol. The molecule has 112 valence electrons. The lowest BCUT2D eigenvalue weighted by atomic mass is 9.64. The predicted octanol–water partition coefficient (Wildman–Crippen LogP) is 0.748. The van der Waals surface area contributed by atoms with Gasteiger partial charge in [-0.05, 0) is 31.7 Å². The molecule has 20 heavy (non-hydrogen) atoms. The normalized spacial score (nSPS) is 25.0. The fourth-order valence-corrected chi connectivity index (χ4v) is 3.04. The summed E-state index contributed by atoms with van der Waals surface area (Å²) >= 11 is 0. The van der Waals surface area contributed by atoms with Gasteiger partial charge in [0.05, 0.1) is 22.4 Å². The highest BCUT2D eigenvalue weighted by atomic mass is 32.2. The highest BCUT2D eigenvalue weighted by molar-refractivity contribution is 7.89. The van der Waals surface area contributed by atoms with Gasteiger partial charge in [0.2, 0.25) is 10.0 Å². The summed E-state index contributed by atoms with van der Waals surface area (Å²) in [6.07, 6.45) is 0.264. The molecule has 0 aromatic heterocycles. The Balaban J connectivity index is 2.27. The molecule has 7 heteroatoms. The number of nitrogen functional groups attached to an aromatic ring is 1. The van der Waals surface area contributed by atoms with E-state index < -0.39 is 10.0 Å². The van der Waals surface area contributed by atoms with E-state index in [0.29, 0.717) is 17.8 Å². The van der Waals surface area contributed by atoms with Gasteiger partial charge < -0.3 is 16.2 Å². The Morgan fingerprint density at radius 2 is 2.05 bits per heavy atom. The number of rotatable bonds is 4. The maximum absolute atomic E-state index is 11.8. The summed E-state index contributed by atoms with van der Waals surface area (Å²) in [7, 11) is -2.13. The topological polar surface area (TPSA) is 104 Å². The van der Waals surface area contributed by atoms with Crippen LogP contribution in [-0.4, -0.2) is 32.7 Å². The number of hydrogen-bond acceptors (Lipinski definition) is 5. The predicted molar refractivity (Wildman–Crippen MR) is 78.9 cm³/mol. The molecule has 1 aromatic carbocycles. The third-order valence-corrected chi connectivity index (χ3v) is 5.56. The van der Waals surface area contributed by atoms with E-state index in [1.54, 1.807) is 6.07 Å². The van der Waals surface area contributed by atoms with E-state index >= 15 is 0 Å². The molecule has 0 amide bonds. The highest BCUT2D eigenvalue weighted by Crippen LogP contribution is 2.43. The molecule has 2 rings (SSSR count). The summed E-state index contributed by atoms with van der Waals surface area (Å²) in [6, 6.07) is 4.61. The molecule has 0 aliphatic heterocycles. The number of aliphatic hydroxyl groups is 1. The van der Waals surface area contributed by atoms with Gasteiger partial charge in [-0.25, -0.2) is 13.1 Å². The fourth-order valence-electron chi connectivity index (χ4n) is 2.28. The molecular formula is C13H21N3O3S. The molecule has 0 heterocycles. The minimum Gasteiger partial charge on any atom is -0.397 e. The third kappa shape index (κ3) is 2.48. The zero-order chi connectivity index (χ0) is 15.1. The van der Waals surface area contributed by atoms with Crippen molar-refractivity contribution in [3.8, 4) is 0 Å².